The van der Waals surface area contributed by atoms with Gasteiger partial charge in [0.05, 0.1) is 5.69 Å². The maximum Gasteiger partial charge on any atom is 0.285 e. The molecule has 0 spiro atoms. The first kappa shape index (κ1) is 15.6. The molecule has 0 bridgehead atoms. The fourth-order valence-corrected chi connectivity index (χ4v) is 2.36. The number of hydrogen-bond acceptors (Lipinski definition) is 4. The highest BCUT2D eigenvalue weighted by Crippen LogP contribution is 2.12. The summed E-state index contributed by atoms with van der Waals surface area (Å²) in [5.74, 6) is -0.195. The zero-order valence-electron chi connectivity index (χ0n) is 13.1. The van der Waals surface area contributed by atoms with E-state index in [0.29, 0.717) is 16.8 Å². The van der Waals surface area contributed by atoms with Crippen molar-refractivity contribution in [2.75, 3.05) is 0 Å². The smallest absolute Gasteiger partial charge is 0.285 e. The first-order valence-corrected chi connectivity index (χ1v) is 6.94. The number of rotatable bonds is 3. The minimum Gasteiger partial charge on any atom is -0.292 e. The Hall–Kier alpha value is -2.74. The Morgan fingerprint density at radius 3 is 2.55 bits per heavy atom. The minimum atomic E-state index is -0.524. The lowest BCUT2D eigenvalue weighted by Gasteiger charge is -2.10. The molecule has 22 heavy (non-hydrogen) atoms. The molecular formula is C17H17N3O2. The van der Waals surface area contributed by atoms with Gasteiger partial charge in [0.15, 0.2) is 5.78 Å². The van der Waals surface area contributed by atoms with E-state index in [-0.39, 0.29) is 17.9 Å². The summed E-state index contributed by atoms with van der Waals surface area (Å²) in [4.78, 5) is 24.6. The van der Waals surface area contributed by atoms with Crippen molar-refractivity contribution in [2.45, 2.75) is 34.2 Å². The third kappa shape index (κ3) is 2.82. The van der Waals surface area contributed by atoms with Crippen LogP contribution < -0.4 is 5.56 Å². The van der Waals surface area contributed by atoms with Crippen LogP contribution in [0.1, 0.15) is 38.3 Å². The molecule has 5 heteroatoms. The summed E-state index contributed by atoms with van der Waals surface area (Å²) in [7, 11) is 0. The van der Waals surface area contributed by atoms with Gasteiger partial charge in [0, 0.05) is 5.56 Å². The number of benzene rings is 1. The quantitative estimate of drug-likeness (QED) is 0.814. The maximum absolute atomic E-state index is 12.4. The van der Waals surface area contributed by atoms with E-state index in [4.69, 9.17) is 5.26 Å². The summed E-state index contributed by atoms with van der Waals surface area (Å²) in [6.45, 7) is 7.04. The Bertz CT molecular complexity index is 857. The van der Waals surface area contributed by atoms with Gasteiger partial charge in [-0.1, -0.05) is 23.8 Å². The van der Waals surface area contributed by atoms with Gasteiger partial charge in [-0.3, -0.25) is 9.59 Å². The third-order valence-electron chi connectivity index (χ3n) is 3.72. The minimum absolute atomic E-state index is 0.0425. The average molecular weight is 295 g/mol. The Morgan fingerprint density at radius 2 is 1.95 bits per heavy atom. The summed E-state index contributed by atoms with van der Waals surface area (Å²) in [6, 6.07) is 7.43. The molecule has 0 N–H and O–H groups in total. The molecule has 0 fully saturated rings. The second kappa shape index (κ2) is 5.94. The fourth-order valence-electron chi connectivity index (χ4n) is 2.36. The van der Waals surface area contributed by atoms with Crippen molar-refractivity contribution in [1.29, 1.82) is 5.26 Å². The van der Waals surface area contributed by atoms with Crippen molar-refractivity contribution in [3.05, 3.63) is 62.1 Å². The van der Waals surface area contributed by atoms with E-state index >= 15 is 0 Å². The number of aromatic nitrogens is 2. The van der Waals surface area contributed by atoms with Gasteiger partial charge in [0.1, 0.15) is 18.2 Å². The van der Waals surface area contributed by atoms with Crippen molar-refractivity contribution >= 4 is 5.78 Å². The van der Waals surface area contributed by atoms with E-state index in [1.807, 2.05) is 32.0 Å². The second-order valence-corrected chi connectivity index (χ2v) is 5.40. The van der Waals surface area contributed by atoms with Crippen LogP contribution in [0.3, 0.4) is 0 Å². The summed E-state index contributed by atoms with van der Waals surface area (Å²) < 4.78 is 1.07. The van der Waals surface area contributed by atoms with Crippen molar-refractivity contribution in [3.63, 3.8) is 0 Å². The molecule has 0 saturated heterocycles. The number of hydrogen-bond donors (Lipinski definition) is 0. The molecule has 1 aromatic heterocycles. The zero-order valence-corrected chi connectivity index (χ0v) is 13.1. The van der Waals surface area contributed by atoms with Gasteiger partial charge in [-0.25, -0.2) is 4.68 Å². The van der Waals surface area contributed by atoms with Gasteiger partial charge in [-0.05, 0) is 38.8 Å². The molecule has 2 aromatic rings. The van der Waals surface area contributed by atoms with Gasteiger partial charge in [0.2, 0.25) is 0 Å². The monoisotopic (exact) mass is 295 g/mol. The van der Waals surface area contributed by atoms with E-state index in [0.717, 1.165) is 15.8 Å². The second-order valence-electron chi connectivity index (χ2n) is 5.40. The number of carbonyl (C=O) groups is 1. The maximum atomic E-state index is 12.4. The standard InChI is InChI=1S/C17H17N3O2/c1-10-5-6-14(11(2)7-10)16(21)9-20-17(22)15(8-18)12(3)13(4)19-20/h5-7H,9H2,1-4H3. The van der Waals surface area contributed by atoms with Crippen LogP contribution in [0.25, 0.3) is 0 Å². The van der Waals surface area contributed by atoms with Crippen LogP contribution in [0, 0.1) is 39.0 Å². The highest BCUT2D eigenvalue weighted by Gasteiger charge is 2.16. The summed E-state index contributed by atoms with van der Waals surface area (Å²) >= 11 is 0. The third-order valence-corrected chi connectivity index (χ3v) is 3.72. The SMILES string of the molecule is Cc1ccc(C(=O)Cn2nc(C)c(C)c(C#N)c2=O)c(C)c1. The Balaban J connectivity index is 2.44. The van der Waals surface area contributed by atoms with Gasteiger partial charge in [-0.15, -0.1) is 0 Å². The highest BCUT2D eigenvalue weighted by molar-refractivity contribution is 5.97. The molecule has 1 heterocycles. The zero-order chi connectivity index (χ0) is 16.4. The van der Waals surface area contributed by atoms with E-state index in [1.165, 1.54) is 0 Å². The number of aryl methyl sites for hydroxylation is 3. The molecule has 0 unspecified atom stereocenters. The van der Waals surface area contributed by atoms with E-state index < -0.39 is 5.56 Å². The lowest BCUT2D eigenvalue weighted by Crippen LogP contribution is -2.30. The van der Waals surface area contributed by atoms with Crippen LogP contribution in [0.5, 0.6) is 0 Å². The van der Waals surface area contributed by atoms with E-state index in [1.54, 1.807) is 19.9 Å². The molecule has 0 radical (unpaired) electrons. The molecule has 0 aliphatic carbocycles. The largest absolute Gasteiger partial charge is 0.292 e. The predicted octanol–water partition coefficient (Wildman–Crippen LogP) is 2.23. The summed E-state index contributed by atoms with van der Waals surface area (Å²) in [5, 5.41) is 13.2. The van der Waals surface area contributed by atoms with Crippen molar-refractivity contribution in [3.8, 4) is 6.07 Å². The van der Waals surface area contributed by atoms with Gasteiger partial charge < -0.3 is 0 Å². The van der Waals surface area contributed by atoms with E-state index in [2.05, 4.69) is 5.10 Å². The molecule has 1 aromatic carbocycles. The molecule has 0 aliphatic heterocycles. The van der Waals surface area contributed by atoms with Crippen LogP contribution in [-0.4, -0.2) is 15.6 Å². The van der Waals surface area contributed by atoms with Gasteiger partial charge >= 0.3 is 0 Å². The lowest BCUT2D eigenvalue weighted by molar-refractivity contribution is 0.0965. The topological polar surface area (TPSA) is 75.8 Å². The van der Waals surface area contributed by atoms with Crippen LogP contribution in [0.15, 0.2) is 23.0 Å². The van der Waals surface area contributed by atoms with Crippen LogP contribution >= 0.6 is 0 Å². The Labute approximate surface area is 128 Å². The lowest BCUT2D eigenvalue weighted by atomic mass is 10.0. The van der Waals surface area contributed by atoms with Crippen molar-refractivity contribution in [1.82, 2.24) is 9.78 Å². The number of carbonyl (C=O) groups excluding carboxylic acids is 1. The van der Waals surface area contributed by atoms with Gasteiger partial charge in [-0.2, -0.15) is 10.4 Å². The molecule has 5 nitrogen and oxygen atoms in total. The average Bonchev–Trinajstić information content (AvgIpc) is 2.45. The predicted molar refractivity (Wildman–Crippen MR) is 82.9 cm³/mol. The normalized spacial score (nSPS) is 10.3. The molecule has 2 rings (SSSR count). The van der Waals surface area contributed by atoms with Crippen LogP contribution in [0.2, 0.25) is 0 Å². The summed E-state index contributed by atoms with van der Waals surface area (Å²) in [5.41, 5.74) is 3.15. The molecule has 0 atom stereocenters. The first-order valence-electron chi connectivity index (χ1n) is 6.94. The number of nitrogens with zero attached hydrogens (tertiary/aromatic N) is 3. The van der Waals surface area contributed by atoms with E-state index in [9.17, 15) is 9.59 Å². The Kier molecular flexibility index (Phi) is 4.22. The molecule has 0 saturated carbocycles. The number of nitriles is 1. The molecule has 0 amide bonds. The first-order chi connectivity index (χ1) is 10.3. The Morgan fingerprint density at radius 1 is 1.27 bits per heavy atom. The highest BCUT2D eigenvalue weighted by atomic mass is 16.1. The summed E-state index contributed by atoms with van der Waals surface area (Å²) in [6.07, 6.45) is 0. The molecular weight excluding hydrogens is 278 g/mol. The number of Topliss-reactive ketones (excluding diaryl/α,β-unsaturated/α-hetero) is 1. The van der Waals surface area contributed by atoms with Crippen LogP contribution in [0.4, 0.5) is 0 Å². The number of ketones is 1. The van der Waals surface area contributed by atoms with Crippen molar-refractivity contribution in [2.24, 2.45) is 0 Å². The van der Waals surface area contributed by atoms with Crippen molar-refractivity contribution < 1.29 is 4.79 Å². The molecule has 0 aliphatic rings. The fraction of sp³-hybridized carbons (Fsp3) is 0.294. The van der Waals surface area contributed by atoms with Crippen LogP contribution in [-0.2, 0) is 6.54 Å². The molecule has 112 valence electrons. The van der Waals surface area contributed by atoms with Gasteiger partial charge in [0.25, 0.3) is 5.56 Å².